The van der Waals surface area contributed by atoms with Crippen LogP contribution in [0.3, 0.4) is 0 Å². The predicted octanol–water partition coefficient (Wildman–Crippen LogP) is 1.97. The third-order valence-corrected chi connectivity index (χ3v) is 3.32. The van der Waals surface area contributed by atoms with E-state index in [1.54, 1.807) is 18.3 Å². The first-order valence-electron chi connectivity index (χ1n) is 5.99. The van der Waals surface area contributed by atoms with E-state index in [2.05, 4.69) is 24.1 Å². The number of hydrogen-bond acceptors (Lipinski definition) is 3. The first-order chi connectivity index (χ1) is 7.96. The van der Waals surface area contributed by atoms with Crippen LogP contribution >= 0.6 is 0 Å². The molecule has 1 heterocycles. The molecule has 1 aliphatic rings. The zero-order valence-electron chi connectivity index (χ0n) is 10.4. The number of rotatable bonds is 2. The fraction of sp³-hybridized carbons (Fsp3) is 0.538. The van der Waals surface area contributed by atoms with Gasteiger partial charge in [0, 0.05) is 17.9 Å². The molecule has 1 atom stereocenters. The number of amides is 1. The van der Waals surface area contributed by atoms with Gasteiger partial charge in [-0.25, -0.2) is 0 Å². The fourth-order valence-electron chi connectivity index (χ4n) is 2.39. The second kappa shape index (κ2) is 4.35. The molecular weight excluding hydrogens is 214 g/mol. The van der Waals surface area contributed by atoms with Gasteiger partial charge in [0.15, 0.2) is 0 Å². The minimum Gasteiger partial charge on any atom is -0.399 e. The van der Waals surface area contributed by atoms with Gasteiger partial charge in [-0.2, -0.15) is 0 Å². The van der Waals surface area contributed by atoms with Crippen LogP contribution in [0, 0.1) is 5.41 Å². The molecule has 2 rings (SSSR count). The van der Waals surface area contributed by atoms with Gasteiger partial charge >= 0.3 is 0 Å². The van der Waals surface area contributed by atoms with Crippen molar-refractivity contribution < 1.29 is 4.79 Å². The largest absolute Gasteiger partial charge is 0.399 e. The molecule has 1 aromatic heterocycles. The normalized spacial score (nSPS) is 22.4. The number of carbonyl (C=O) groups is 1. The van der Waals surface area contributed by atoms with E-state index >= 15 is 0 Å². The maximum absolute atomic E-state index is 11.9. The maximum Gasteiger partial charge on any atom is 0.270 e. The summed E-state index contributed by atoms with van der Waals surface area (Å²) in [6, 6.07) is 3.55. The molecule has 4 heteroatoms. The molecule has 1 unspecified atom stereocenters. The summed E-state index contributed by atoms with van der Waals surface area (Å²) >= 11 is 0. The molecule has 0 saturated heterocycles. The van der Waals surface area contributed by atoms with Crippen LogP contribution in [0.25, 0.3) is 0 Å². The number of aromatic nitrogens is 1. The Morgan fingerprint density at radius 3 is 2.94 bits per heavy atom. The van der Waals surface area contributed by atoms with Crippen molar-refractivity contribution in [2.75, 3.05) is 5.73 Å². The molecule has 0 radical (unpaired) electrons. The van der Waals surface area contributed by atoms with E-state index in [-0.39, 0.29) is 11.9 Å². The lowest BCUT2D eigenvalue weighted by molar-refractivity contribution is 0.0931. The molecule has 3 N–H and O–H groups in total. The molecule has 17 heavy (non-hydrogen) atoms. The lowest BCUT2D eigenvalue weighted by Gasteiger charge is -2.17. The highest BCUT2D eigenvalue weighted by Crippen LogP contribution is 2.36. The molecule has 0 spiro atoms. The van der Waals surface area contributed by atoms with E-state index in [0.29, 0.717) is 16.8 Å². The Morgan fingerprint density at radius 2 is 2.35 bits per heavy atom. The van der Waals surface area contributed by atoms with Crippen molar-refractivity contribution >= 4 is 11.6 Å². The number of carbonyl (C=O) groups excluding carboxylic acids is 1. The fourth-order valence-corrected chi connectivity index (χ4v) is 2.39. The topological polar surface area (TPSA) is 68.0 Å². The first-order valence-corrected chi connectivity index (χ1v) is 5.99. The van der Waals surface area contributed by atoms with Crippen molar-refractivity contribution in [1.82, 2.24) is 10.3 Å². The van der Waals surface area contributed by atoms with Crippen LogP contribution in [-0.4, -0.2) is 16.9 Å². The molecule has 4 nitrogen and oxygen atoms in total. The molecule has 1 amide bonds. The smallest absolute Gasteiger partial charge is 0.270 e. The maximum atomic E-state index is 11.9. The average Bonchev–Trinajstić information content (AvgIpc) is 2.58. The van der Waals surface area contributed by atoms with E-state index in [1.165, 1.54) is 0 Å². The molecular formula is C13H19N3O. The van der Waals surface area contributed by atoms with Crippen LogP contribution in [0.15, 0.2) is 18.3 Å². The summed E-state index contributed by atoms with van der Waals surface area (Å²) < 4.78 is 0. The molecule has 1 fully saturated rings. The summed E-state index contributed by atoms with van der Waals surface area (Å²) in [7, 11) is 0. The van der Waals surface area contributed by atoms with E-state index in [9.17, 15) is 4.79 Å². The van der Waals surface area contributed by atoms with E-state index < -0.39 is 0 Å². The van der Waals surface area contributed by atoms with Crippen molar-refractivity contribution in [1.29, 1.82) is 0 Å². The van der Waals surface area contributed by atoms with Crippen LogP contribution < -0.4 is 11.1 Å². The Balaban J connectivity index is 1.98. The second-order valence-corrected chi connectivity index (χ2v) is 5.55. The van der Waals surface area contributed by atoms with E-state index in [0.717, 1.165) is 19.3 Å². The number of nitrogens with zero attached hydrogens (tertiary/aromatic N) is 1. The number of anilines is 1. The first kappa shape index (κ1) is 11.9. The van der Waals surface area contributed by atoms with Crippen molar-refractivity contribution in [2.24, 2.45) is 5.41 Å². The van der Waals surface area contributed by atoms with Crippen LogP contribution in [-0.2, 0) is 0 Å². The Bertz CT molecular complexity index is 428. The summed E-state index contributed by atoms with van der Waals surface area (Å²) in [5, 5.41) is 3.02. The third-order valence-electron chi connectivity index (χ3n) is 3.32. The van der Waals surface area contributed by atoms with Gasteiger partial charge in [0.2, 0.25) is 0 Å². The van der Waals surface area contributed by atoms with Gasteiger partial charge in [0.05, 0.1) is 0 Å². The highest BCUT2D eigenvalue weighted by molar-refractivity contribution is 5.93. The lowest BCUT2D eigenvalue weighted by atomic mass is 9.92. The number of pyridine rings is 1. The highest BCUT2D eigenvalue weighted by atomic mass is 16.1. The number of nitrogen functional groups attached to an aromatic ring is 1. The van der Waals surface area contributed by atoms with Gasteiger partial charge in [-0.15, -0.1) is 0 Å². The van der Waals surface area contributed by atoms with Gasteiger partial charge in [0.1, 0.15) is 5.69 Å². The molecule has 0 aliphatic heterocycles. The van der Waals surface area contributed by atoms with E-state index in [1.807, 2.05) is 0 Å². The Labute approximate surface area is 102 Å². The summed E-state index contributed by atoms with van der Waals surface area (Å²) in [4.78, 5) is 16.0. The SMILES string of the molecule is CC1(C)CCC(NC(=O)c2cc(N)ccn2)C1. The van der Waals surface area contributed by atoms with E-state index in [4.69, 9.17) is 5.73 Å². The molecule has 1 aliphatic carbocycles. The van der Waals surface area contributed by atoms with Crippen molar-refractivity contribution in [3.63, 3.8) is 0 Å². The van der Waals surface area contributed by atoms with Gasteiger partial charge in [0.25, 0.3) is 5.91 Å². The van der Waals surface area contributed by atoms with Crippen LogP contribution in [0.2, 0.25) is 0 Å². The minimum atomic E-state index is -0.125. The van der Waals surface area contributed by atoms with Gasteiger partial charge < -0.3 is 11.1 Å². The number of nitrogens with two attached hydrogens (primary N) is 1. The molecule has 0 bridgehead atoms. The molecule has 0 aromatic carbocycles. The van der Waals surface area contributed by atoms with Crippen LogP contribution in [0.4, 0.5) is 5.69 Å². The standard InChI is InChI=1S/C13H19N3O/c1-13(2)5-3-10(8-13)16-12(17)11-7-9(14)4-6-15-11/h4,6-7,10H,3,5,8H2,1-2H3,(H2,14,15)(H,16,17). The molecule has 1 saturated carbocycles. The zero-order chi connectivity index (χ0) is 12.5. The predicted molar refractivity (Wildman–Crippen MR) is 67.5 cm³/mol. The van der Waals surface area contributed by atoms with Gasteiger partial charge in [-0.1, -0.05) is 13.8 Å². The van der Waals surface area contributed by atoms with Gasteiger partial charge in [-0.05, 0) is 36.8 Å². The second-order valence-electron chi connectivity index (χ2n) is 5.55. The summed E-state index contributed by atoms with van der Waals surface area (Å²) in [5.74, 6) is -0.125. The van der Waals surface area contributed by atoms with Crippen molar-refractivity contribution in [2.45, 2.75) is 39.2 Å². The summed E-state index contributed by atoms with van der Waals surface area (Å²) in [6.07, 6.45) is 4.78. The van der Waals surface area contributed by atoms with Crippen LogP contribution in [0.1, 0.15) is 43.6 Å². The quantitative estimate of drug-likeness (QED) is 0.820. The monoisotopic (exact) mass is 233 g/mol. The van der Waals surface area contributed by atoms with Crippen molar-refractivity contribution in [3.8, 4) is 0 Å². The zero-order valence-corrected chi connectivity index (χ0v) is 10.4. The van der Waals surface area contributed by atoms with Crippen LogP contribution in [0.5, 0.6) is 0 Å². The Kier molecular flexibility index (Phi) is 3.05. The summed E-state index contributed by atoms with van der Waals surface area (Å²) in [6.45, 7) is 4.47. The lowest BCUT2D eigenvalue weighted by Crippen LogP contribution is -2.34. The molecule has 1 aromatic rings. The third kappa shape index (κ3) is 2.96. The summed E-state index contributed by atoms with van der Waals surface area (Å²) in [5.41, 5.74) is 6.93. The Morgan fingerprint density at radius 1 is 1.59 bits per heavy atom. The number of hydrogen-bond donors (Lipinski definition) is 2. The number of nitrogens with one attached hydrogen (secondary N) is 1. The Hall–Kier alpha value is -1.58. The molecule has 92 valence electrons. The van der Waals surface area contributed by atoms with Crippen molar-refractivity contribution in [3.05, 3.63) is 24.0 Å². The highest BCUT2D eigenvalue weighted by Gasteiger charge is 2.31. The average molecular weight is 233 g/mol. The minimum absolute atomic E-state index is 0.125. The van der Waals surface area contributed by atoms with Gasteiger partial charge in [-0.3, -0.25) is 9.78 Å².